The topological polar surface area (TPSA) is 97.4 Å². The Balaban J connectivity index is 0.000000170. The molecule has 0 fully saturated rings. The van der Waals surface area contributed by atoms with Gasteiger partial charge in [-0.1, -0.05) is 164 Å². The van der Waals surface area contributed by atoms with Crippen molar-refractivity contribution >= 4 is 92.3 Å². The first-order chi connectivity index (χ1) is 37.3. The SMILES string of the molecule is CC(SCl)(c1ccccc1)c1ccc(C#N)cc1.CC(SCl)(c1ccccc1)c1ccc(F)cc1.Fc1cccc(C(SCl)c2ccccc2)c1.N#Cc1ccc(C(SCl)(c2ccc(N)cc2)c2ccc(C#N)cc2)cc1. The molecule has 3 atom stereocenters. The second-order valence-electron chi connectivity index (χ2n) is 17.3. The van der Waals surface area contributed by atoms with Crippen LogP contribution in [-0.2, 0) is 14.2 Å². The lowest BCUT2D eigenvalue weighted by Gasteiger charge is -2.33. The van der Waals surface area contributed by atoms with Gasteiger partial charge >= 0.3 is 0 Å². The van der Waals surface area contributed by atoms with Crippen LogP contribution in [0.3, 0.4) is 0 Å². The minimum atomic E-state index is -0.697. The molecule has 3 unspecified atom stereocenters. The molecule has 0 radical (unpaired) electrons. The average molecular weight is 1170 g/mol. The van der Waals surface area contributed by atoms with Crippen LogP contribution < -0.4 is 5.73 Å². The fourth-order valence-corrected chi connectivity index (χ4v) is 12.7. The van der Waals surface area contributed by atoms with Gasteiger partial charge in [0, 0.05) is 5.69 Å². The molecule has 0 aliphatic rings. The normalized spacial score (nSPS) is 12.5. The molecular formula is C63H48Cl4F2N4S4. The van der Waals surface area contributed by atoms with Crippen LogP contribution >= 0.6 is 86.6 Å². The molecule has 0 bridgehead atoms. The van der Waals surface area contributed by atoms with Gasteiger partial charge in [-0.15, -0.1) is 0 Å². The van der Waals surface area contributed by atoms with Crippen molar-refractivity contribution in [3.63, 3.8) is 0 Å². The molecule has 4 nitrogen and oxygen atoms in total. The summed E-state index contributed by atoms with van der Waals surface area (Å²) in [5, 5.41) is 27.0. The average Bonchev–Trinajstić information content (AvgIpc) is 3.51. The summed E-state index contributed by atoms with van der Waals surface area (Å²) in [4.78, 5) is 0. The highest BCUT2D eigenvalue weighted by Gasteiger charge is 2.37. The summed E-state index contributed by atoms with van der Waals surface area (Å²) in [6.45, 7) is 4.12. The van der Waals surface area contributed by atoms with Crippen molar-refractivity contribution < 1.29 is 8.78 Å². The van der Waals surface area contributed by atoms with Crippen LogP contribution in [0.2, 0.25) is 0 Å². The van der Waals surface area contributed by atoms with Gasteiger partial charge < -0.3 is 5.73 Å². The molecule has 9 aromatic carbocycles. The van der Waals surface area contributed by atoms with Crippen LogP contribution in [0.15, 0.2) is 237 Å². The number of hydrogen-bond acceptors (Lipinski definition) is 8. The highest BCUT2D eigenvalue weighted by Crippen LogP contribution is 2.51. The van der Waals surface area contributed by atoms with Gasteiger partial charge in [0.25, 0.3) is 0 Å². The molecular weight excluding hydrogens is 1120 g/mol. The number of halogens is 6. The predicted octanol–water partition coefficient (Wildman–Crippen LogP) is 19.7. The monoisotopic (exact) mass is 1170 g/mol. The van der Waals surface area contributed by atoms with Gasteiger partial charge in [-0.25, -0.2) is 8.78 Å². The van der Waals surface area contributed by atoms with Gasteiger partial charge in [0.2, 0.25) is 0 Å². The number of anilines is 1. The maximum Gasteiger partial charge on any atom is 0.123 e. The Bertz CT molecular complexity index is 3330. The third kappa shape index (κ3) is 15.2. The third-order valence-corrected chi connectivity index (χ3v) is 18.8. The maximum atomic E-state index is 13.1. The van der Waals surface area contributed by atoms with Crippen molar-refractivity contribution in [2.75, 3.05) is 5.73 Å². The lowest BCUT2D eigenvalue weighted by Crippen LogP contribution is -2.24. The van der Waals surface area contributed by atoms with Crippen molar-refractivity contribution in [1.29, 1.82) is 15.8 Å². The fraction of sp³-hybridized carbons (Fsp3) is 0.0952. The van der Waals surface area contributed by atoms with Crippen molar-refractivity contribution in [2.24, 2.45) is 0 Å². The van der Waals surface area contributed by atoms with Crippen LogP contribution in [0.1, 0.15) is 85.9 Å². The minimum absolute atomic E-state index is 0.0291. The van der Waals surface area contributed by atoms with Gasteiger partial charge in [-0.3, -0.25) is 0 Å². The van der Waals surface area contributed by atoms with Gasteiger partial charge in [-0.2, -0.15) is 15.8 Å². The van der Waals surface area contributed by atoms with Crippen LogP contribution in [0, 0.1) is 45.6 Å². The predicted molar refractivity (Wildman–Crippen MR) is 325 cm³/mol. The second kappa shape index (κ2) is 29.4. The summed E-state index contributed by atoms with van der Waals surface area (Å²) >= 11 is 0. The lowest BCUT2D eigenvalue weighted by atomic mass is 9.83. The van der Waals surface area contributed by atoms with E-state index in [0.29, 0.717) is 22.4 Å². The number of nitriles is 3. The second-order valence-corrected chi connectivity index (χ2v) is 22.6. The highest BCUT2D eigenvalue weighted by atomic mass is 35.7. The van der Waals surface area contributed by atoms with E-state index in [9.17, 15) is 8.78 Å². The number of hydrogen-bond donors (Lipinski definition) is 1. The van der Waals surface area contributed by atoms with Crippen LogP contribution in [-0.4, -0.2) is 0 Å². The Morgan fingerprint density at radius 2 is 0.727 bits per heavy atom. The summed E-state index contributed by atoms with van der Waals surface area (Å²) < 4.78 is 24.7. The summed E-state index contributed by atoms with van der Waals surface area (Å²) in [6.07, 6.45) is 0. The Morgan fingerprint density at radius 3 is 1.08 bits per heavy atom. The zero-order valence-electron chi connectivity index (χ0n) is 41.4. The van der Waals surface area contributed by atoms with E-state index in [4.69, 9.17) is 64.2 Å². The molecule has 0 aliphatic carbocycles. The van der Waals surface area contributed by atoms with Crippen LogP contribution in [0.4, 0.5) is 14.5 Å². The van der Waals surface area contributed by atoms with E-state index in [2.05, 4.69) is 37.3 Å². The third-order valence-electron chi connectivity index (χ3n) is 12.5. The first-order valence-corrected chi connectivity index (χ1v) is 30.2. The number of benzene rings is 9. The zero-order chi connectivity index (χ0) is 55.3. The zero-order valence-corrected chi connectivity index (χ0v) is 47.7. The highest BCUT2D eigenvalue weighted by molar-refractivity contribution is 8.22. The van der Waals surface area contributed by atoms with E-state index in [-0.39, 0.29) is 26.4 Å². The van der Waals surface area contributed by atoms with Gasteiger partial charge in [0.05, 0.1) is 49.6 Å². The van der Waals surface area contributed by atoms with Gasteiger partial charge in [-0.05, 0) is 223 Å². The molecule has 386 valence electrons. The number of nitrogen functional groups attached to an aromatic ring is 1. The molecule has 77 heavy (non-hydrogen) atoms. The van der Waals surface area contributed by atoms with E-state index in [1.54, 1.807) is 42.5 Å². The maximum absolute atomic E-state index is 13.1. The summed E-state index contributed by atoms with van der Waals surface area (Å²) in [5.74, 6) is -0.465. The molecule has 14 heteroatoms. The molecule has 0 saturated carbocycles. The van der Waals surface area contributed by atoms with Gasteiger partial charge in [0.15, 0.2) is 0 Å². The molecule has 0 aromatic heterocycles. The number of nitrogens with two attached hydrogens (primary N) is 1. The largest absolute Gasteiger partial charge is 0.399 e. The Morgan fingerprint density at radius 1 is 0.390 bits per heavy atom. The lowest BCUT2D eigenvalue weighted by molar-refractivity contribution is 0.625. The van der Waals surface area contributed by atoms with Crippen LogP contribution in [0.25, 0.3) is 0 Å². The van der Waals surface area contributed by atoms with Crippen LogP contribution in [0.5, 0.6) is 0 Å². The first-order valence-electron chi connectivity index (χ1n) is 23.5. The number of rotatable bonds is 13. The molecule has 0 heterocycles. The smallest absolute Gasteiger partial charge is 0.123 e. The summed E-state index contributed by atoms with van der Waals surface area (Å²) in [6, 6.07) is 79.2. The van der Waals surface area contributed by atoms with E-state index in [1.165, 1.54) is 68.2 Å². The molecule has 9 rings (SSSR count). The van der Waals surface area contributed by atoms with E-state index in [0.717, 1.165) is 50.1 Å². The molecule has 9 aromatic rings. The minimum Gasteiger partial charge on any atom is -0.399 e. The molecule has 2 N–H and O–H groups in total. The van der Waals surface area contributed by atoms with Gasteiger partial charge in [0.1, 0.15) is 16.4 Å². The number of nitrogens with zero attached hydrogens (tertiary/aromatic N) is 3. The Hall–Kier alpha value is -6.33. The fourth-order valence-electron chi connectivity index (χ4n) is 8.16. The van der Waals surface area contributed by atoms with E-state index >= 15 is 0 Å². The quantitative estimate of drug-likeness (QED) is 0.0901. The van der Waals surface area contributed by atoms with Crippen molar-refractivity contribution in [2.45, 2.75) is 33.3 Å². The van der Waals surface area contributed by atoms with E-state index in [1.807, 2.05) is 165 Å². The summed E-state index contributed by atoms with van der Waals surface area (Å²) in [5.41, 5.74) is 17.5. The molecule has 0 saturated heterocycles. The Kier molecular flexibility index (Phi) is 22.9. The van der Waals surface area contributed by atoms with Crippen molar-refractivity contribution in [3.8, 4) is 18.2 Å². The molecule has 0 aliphatic heterocycles. The first kappa shape index (κ1) is 59.9. The Labute approximate surface area is 485 Å². The molecule has 0 amide bonds. The summed E-state index contributed by atoms with van der Waals surface area (Å²) in [7, 11) is 29.4. The van der Waals surface area contributed by atoms with Crippen molar-refractivity contribution in [1.82, 2.24) is 0 Å². The van der Waals surface area contributed by atoms with Crippen molar-refractivity contribution in [3.05, 3.63) is 315 Å². The van der Waals surface area contributed by atoms with E-state index < -0.39 is 4.75 Å². The molecule has 0 spiro atoms. The standard InChI is InChI=1S/C21H14ClN3S.C15H12ClNS.C14H12ClFS.C13H10ClFS/c22-26-21(19-9-11-20(25)12-10-19,17-5-1-15(13-23)2-6-17)18-7-3-16(14-24)4-8-18;1-15(18-16,13-5-3-2-4-6-13)14-9-7-12(11-17)8-10-14;1-14(17-15,11-5-3-2-4-6-11)12-7-9-13(16)10-8-12;14-16-13(10-5-2-1-3-6-10)11-7-4-8-12(15)9-11/h1-12H,25H2;2-10H,1H3;2-10H,1H3;1-9,13H.